The van der Waals surface area contributed by atoms with Crippen molar-refractivity contribution < 1.29 is 14.7 Å². The Morgan fingerprint density at radius 3 is 2.71 bits per heavy atom. The van der Waals surface area contributed by atoms with E-state index in [4.69, 9.17) is 11.6 Å². The number of aryl methyl sites for hydroxylation is 1. The second-order valence-corrected chi connectivity index (χ2v) is 8.58. The number of carboxylic acids is 1. The minimum absolute atomic E-state index is 0.0189. The molecule has 0 saturated heterocycles. The molecular formula is C27H23ClN4O3. The van der Waals surface area contributed by atoms with E-state index >= 15 is 0 Å². The Kier molecular flexibility index (Phi) is 6.76. The maximum atomic E-state index is 12.7. The fourth-order valence-corrected chi connectivity index (χ4v) is 4.37. The number of amides is 1. The Morgan fingerprint density at radius 1 is 1.20 bits per heavy atom. The number of rotatable bonds is 7. The van der Waals surface area contributed by atoms with Crippen molar-refractivity contribution in [2.45, 2.75) is 20.3 Å². The number of para-hydroxylation sites is 1. The number of benzene rings is 2. The van der Waals surface area contributed by atoms with E-state index in [1.807, 2.05) is 61.0 Å². The molecule has 2 heterocycles. The molecular weight excluding hydrogens is 464 g/mol. The summed E-state index contributed by atoms with van der Waals surface area (Å²) in [7, 11) is 0. The van der Waals surface area contributed by atoms with Gasteiger partial charge in [0.15, 0.2) is 0 Å². The van der Waals surface area contributed by atoms with E-state index < -0.39 is 11.9 Å². The third kappa shape index (κ3) is 4.84. The number of hydrogen-bond donors (Lipinski definition) is 3. The molecule has 0 unspecified atom stereocenters. The summed E-state index contributed by atoms with van der Waals surface area (Å²) in [5.41, 5.74) is 4.92. The molecule has 0 spiro atoms. The highest BCUT2D eigenvalue weighted by Crippen LogP contribution is 2.28. The second kappa shape index (κ2) is 9.92. The van der Waals surface area contributed by atoms with Gasteiger partial charge in [-0.3, -0.25) is 4.79 Å². The molecule has 0 aliphatic heterocycles. The summed E-state index contributed by atoms with van der Waals surface area (Å²) in [4.78, 5) is 27.3. The molecule has 0 saturated carbocycles. The smallest absolute Gasteiger partial charge is 0.335 e. The topological polar surface area (TPSA) is 111 Å². The van der Waals surface area contributed by atoms with Gasteiger partial charge in [-0.2, -0.15) is 5.26 Å². The van der Waals surface area contributed by atoms with Crippen LogP contribution >= 0.6 is 11.6 Å². The summed E-state index contributed by atoms with van der Waals surface area (Å²) < 4.78 is 1.81. The average Bonchev–Trinajstić information content (AvgIpc) is 3.37. The lowest BCUT2D eigenvalue weighted by molar-refractivity contribution is -0.117. The van der Waals surface area contributed by atoms with Crippen LogP contribution in [0.1, 0.15) is 32.9 Å². The zero-order valence-electron chi connectivity index (χ0n) is 19.2. The highest BCUT2D eigenvalue weighted by Gasteiger charge is 2.17. The second-order valence-electron chi connectivity index (χ2n) is 8.17. The standard InChI is InChI=1S/C27H23ClN4O3/c1-16-11-20(17(2)32(16)25-13-18(27(34)35)7-8-23(25)28)12-21(14-29)26(33)30-10-9-19-15-31-24-6-4-3-5-22(19)24/h3-8,11-13,15,31H,9-10H2,1-2H3,(H,30,33)(H,34,35)/b21-12-. The molecule has 4 aromatic rings. The first-order valence-electron chi connectivity index (χ1n) is 11.0. The lowest BCUT2D eigenvalue weighted by Gasteiger charge is -2.12. The maximum Gasteiger partial charge on any atom is 0.335 e. The molecule has 2 aromatic heterocycles. The van der Waals surface area contributed by atoms with Crippen LogP contribution in [0.25, 0.3) is 22.7 Å². The molecule has 176 valence electrons. The van der Waals surface area contributed by atoms with Gasteiger partial charge >= 0.3 is 5.97 Å². The van der Waals surface area contributed by atoms with Crippen LogP contribution in [-0.4, -0.2) is 33.1 Å². The minimum Gasteiger partial charge on any atom is -0.478 e. The highest BCUT2D eigenvalue weighted by molar-refractivity contribution is 6.32. The molecule has 0 aliphatic carbocycles. The van der Waals surface area contributed by atoms with Gasteiger partial charge < -0.3 is 20.0 Å². The lowest BCUT2D eigenvalue weighted by atomic mass is 10.1. The van der Waals surface area contributed by atoms with E-state index in [0.717, 1.165) is 27.9 Å². The Labute approximate surface area is 207 Å². The first-order valence-corrected chi connectivity index (χ1v) is 11.3. The zero-order valence-corrected chi connectivity index (χ0v) is 20.0. The monoisotopic (exact) mass is 486 g/mol. The molecule has 0 atom stereocenters. The van der Waals surface area contributed by atoms with Gasteiger partial charge in [0.05, 0.1) is 16.3 Å². The number of carbonyl (C=O) groups is 2. The van der Waals surface area contributed by atoms with Gasteiger partial charge in [0, 0.05) is 35.0 Å². The van der Waals surface area contributed by atoms with Gasteiger partial charge in [-0.1, -0.05) is 29.8 Å². The third-order valence-corrected chi connectivity index (χ3v) is 6.24. The van der Waals surface area contributed by atoms with E-state index in [0.29, 0.717) is 29.2 Å². The molecule has 0 radical (unpaired) electrons. The van der Waals surface area contributed by atoms with Crippen molar-refractivity contribution in [1.82, 2.24) is 14.9 Å². The fourth-order valence-electron chi connectivity index (χ4n) is 4.17. The number of carboxylic acid groups (broad SMARTS) is 1. The van der Waals surface area contributed by atoms with Crippen LogP contribution in [-0.2, 0) is 11.2 Å². The molecule has 2 aromatic carbocycles. The molecule has 0 aliphatic rings. The van der Waals surface area contributed by atoms with Crippen LogP contribution in [0, 0.1) is 25.2 Å². The Bertz CT molecular complexity index is 1520. The van der Waals surface area contributed by atoms with E-state index in [9.17, 15) is 20.0 Å². The number of aromatic amines is 1. The predicted molar refractivity (Wildman–Crippen MR) is 136 cm³/mol. The van der Waals surface area contributed by atoms with E-state index in [2.05, 4.69) is 10.3 Å². The number of nitrogens with zero attached hydrogens (tertiary/aromatic N) is 2. The van der Waals surface area contributed by atoms with Crippen LogP contribution in [0.2, 0.25) is 5.02 Å². The van der Waals surface area contributed by atoms with Gasteiger partial charge in [-0.25, -0.2) is 4.79 Å². The predicted octanol–water partition coefficient (Wildman–Crippen LogP) is 5.19. The molecule has 1 amide bonds. The lowest BCUT2D eigenvalue weighted by Crippen LogP contribution is -2.26. The number of aromatic carboxylic acids is 1. The Morgan fingerprint density at radius 2 is 1.97 bits per heavy atom. The molecule has 4 rings (SSSR count). The fraction of sp³-hybridized carbons (Fsp3) is 0.148. The average molecular weight is 487 g/mol. The van der Waals surface area contributed by atoms with Crippen molar-refractivity contribution in [3.8, 4) is 11.8 Å². The first-order chi connectivity index (χ1) is 16.8. The van der Waals surface area contributed by atoms with E-state index in [1.54, 1.807) is 0 Å². The summed E-state index contributed by atoms with van der Waals surface area (Å²) in [5.74, 6) is -1.51. The van der Waals surface area contributed by atoms with E-state index in [-0.39, 0.29) is 11.1 Å². The van der Waals surface area contributed by atoms with Gasteiger partial charge in [-0.15, -0.1) is 0 Å². The van der Waals surface area contributed by atoms with Gasteiger partial charge in [0.25, 0.3) is 5.91 Å². The number of hydrogen-bond acceptors (Lipinski definition) is 3. The normalized spacial score (nSPS) is 11.4. The van der Waals surface area contributed by atoms with Crippen LogP contribution in [0.15, 0.2) is 60.3 Å². The van der Waals surface area contributed by atoms with Crippen molar-refractivity contribution in [2.75, 3.05) is 6.54 Å². The Hall–Kier alpha value is -4.28. The summed E-state index contributed by atoms with van der Waals surface area (Å²) in [5, 5.41) is 23.3. The molecule has 35 heavy (non-hydrogen) atoms. The number of carbonyl (C=O) groups excluding carboxylic acids is 1. The van der Waals surface area contributed by atoms with Gasteiger partial charge in [0.2, 0.25) is 0 Å². The summed E-state index contributed by atoms with van der Waals surface area (Å²) in [6.45, 7) is 4.06. The number of nitriles is 1. The molecule has 0 fully saturated rings. The quantitative estimate of drug-likeness (QED) is 0.246. The number of halogens is 1. The number of H-pyrrole nitrogens is 1. The molecule has 0 bridgehead atoms. The van der Waals surface area contributed by atoms with Crippen LogP contribution in [0.4, 0.5) is 0 Å². The Balaban J connectivity index is 1.54. The van der Waals surface area contributed by atoms with Crippen LogP contribution < -0.4 is 5.32 Å². The third-order valence-electron chi connectivity index (χ3n) is 5.92. The number of nitrogens with one attached hydrogen (secondary N) is 2. The minimum atomic E-state index is -1.05. The van der Waals surface area contributed by atoms with Crippen LogP contribution in [0.3, 0.4) is 0 Å². The number of fused-ring (bicyclic) bond motifs is 1. The molecule has 8 heteroatoms. The maximum absolute atomic E-state index is 12.7. The van der Waals surface area contributed by atoms with Gasteiger partial charge in [0.1, 0.15) is 11.6 Å². The van der Waals surface area contributed by atoms with Crippen molar-refractivity contribution >= 4 is 40.5 Å². The number of aromatic nitrogens is 2. The highest BCUT2D eigenvalue weighted by atomic mass is 35.5. The summed E-state index contributed by atoms with van der Waals surface area (Å²) in [6, 6.07) is 16.2. The van der Waals surface area contributed by atoms with Crippen molar-refractivity contribution in [1.29, 1.82) is 5.26 Å². The van der Waals surface area contributed by atoms with Crippen molar-refractivity contribution in [2.24, 2.45) is 0 Å². The summed E-state index contributed by atoms with van der Waals surface area (Å²) >= 11 is 6.36. The van der Waals surface area contributed by atoms with E-state index in [1.165, 1.54) is 24.3 Å². The molecule has 3 N–H and O–H groups in total. The largest absolute Gasteiger partial charge is 0.478 e. The van der Waals surface area contributed by atoms with Crippen molar-refractivity contribution in [3.05, 3.63) is 93.4 Å². The zero-order chi connectivity index (χ0) is 25.1. The summed E-state index contributed by atoms with van der Waals surface area (Å²) in [6.07, 6.45) is 4.09. The van der Waals surface area contributed by atoms with Crippen molar-refractivity contribution in [3.63, 3.8) is 0 Å². The first kappa shape index (κ1) is 23.9. The van der Waals surface area contributed by atoms with Gasteiger partial charge in [-0.05, 0) is 67.8 Å². The SMILES string of the molecule is Cc1cc(/C=C(/C#N)C(=O)NCCc2c[nH]c3ccccc23)c(C)n1-c1cc(C(=O)O)ccc1Cl. The van der Waals surface area contributed by atoms with Crippen LogP contribution in [0.5, 0.6) is 0 Å². The molecule has 7 nitrogen and oxygen atoms in total.